The number of halogens is 1. The van der Waals surface area contributed by atoms with Gasteiger partial charge in [-0.15, -0.1) is 11.3 Å². The summed E-state index contributed by atoms with van der Waals surface area (Å²) in [6.07, 6.45) is 2.47. The fourth-order valence-electron chi connectivity index (χ4n) is 4.71. The molecule has 10 nitrogen and oxygen atoms in total. The second kappa shape index (κ2) is 11.4. The number of sulfonamides is 1. The number of nitrogens with zero attached hydrogens (tertiary/aromatic N) is 3. The molecule has 40 heavy (non-hydrogen) atoms. The molecule has 13 heteroatoms. The number of hydrogen-bond donors (Lipinski definition) is 3. The fourth-order valence-corrected chi connectivity index (χ4v) is 6.90. The number of amides is 2. The van der Waals surface area contributed by atoms with Crippen LogP contribution < -0.4 is 20.9 Å². The van der Waals surface area contributed by atoms with Crippen molar-refractivity contribution in [1.29, 1.82) is 0 Å². The van der Waals surface area contributed by atoms with Crippen LogP contribution in [-0.2, 0) is 10.0 Å². The molecule has 2 aromatic carbocycles. The lowest BCUT2D eigenvalue weighted by atomic mass is 10.2. The Bertz CT molecular complexity index is 1750. The Morgan fingerprint density at radius 2 is 1.80 bits per heavy atom. The molecule has 0 saturated carbocycles. The van der Waals surface area contributed by atoms with Crippen LogP contribution >= 0.6 is 11.3 Å². The molecule has 1 fully saturated rings. The van der Waals surface area contributed by atoms with E-state index in [-0.39, 0.29) is 15.6 Å². The van der Waals surface area contributed by atoms with E-state index in [9.17, 15) is 18.0 Å². The molecule has 2 aromatic heterocycles. The summed E-state index contributed by atoms with van der Waals surface area (Å²) >= 11 is 1.02. The topological polar surface area (TPSA) is 125 Å². The molecule has 3 N–H and O–H groups in total. The third kappa shape index (κ3) is 6.01. The van der Waals surface area contributed by atoms with Crippen molar-refractivity contribution in [2.45, 2.75) is 30.9 Å². The Balaban J connectivity index is 1.32. The number of carbonyl (C=O) groups is 1. The molecule has 0 bridgehead atoms. The smallest absolute Gasteiger partial charge is 0.333 e. The molecule has 210 valence electrons. The third-order valence-corrected chi connectivity index (χ3v) is 9.47. The first-order chi connectivity index (χ1) is 19.1. The van der Waals surface area contributed by atoms with Crippen molar-refractivity contribution in [2.24, 2.45) is 0 Å². The van der Waals surface area contributed by atoms with Gasteiger partial charge in [-0.25, -0.2) is 27.3 Å². The van der Waals surface area contributed by atoms with Gasteiger partial charge in [-0.2, -0.15) is 0 Å². The number of likely N-dealkylation sites (tertiary alicyclic amines) is 1. The molecule has 3 heterocycles. The number of urea groups is 1. The summed E-state index contributed by atoms with van der Waals surface area (Å²) in [6, 6.07) is 11.0. The van der Waals surface area contributed by atoms with E-state index < -0.39 is 27.4 Å². The first-order valence-electron chi connectivity index (χ1n) is 12.8. The van der Waals surface area contributed by atoms with Crippen LogP contribution in [0, 0.1) is 19.7 Å². The van der Waals surface area contributed by atoms with Crippen LogP contribution in [0.15, 0.2) is 57.5 Å². The van der Waals surface area contributed by atoms with Crippen LogP contribution in [0.5, 0.6) is 0 Å². The summed E-state index contributed by atoms with van der Waals surface area (Å²) in [5.74, 6) is -0.498. The van der Waals surface area contributed by atoms with Gasteiger partial charge in [0, 0.05) is 29.3 Å². The Hall–Kier alpha value is -3.81. The van der Waals surface area contributed by atoms with Gasteiger partial charge >= 0.3 is 6.03 Å². The van der Waals surface area contributed by atoms with Crippen LogP contribution in [0.1, 0.15) is 23.5 Å². The number of rotatable bonds is 8. The van der Waals surface area contributed by atoms with E-state index in [1.165, 1.54) is 35.6 Å². The van der Waals surface area contributed by atoms with E-state index in [2.05, 4.69) is 20.5 Å². The lowest BCUT2D eigenvalue weighted by Crippen LogP contribution is -2.34. The predicted molar refractivity (Wildman–Crippen MR) is 155 cm³/mol. The van der Waals surface area contributed by atoms with Crippen molar-refractivity contribution < 1.29 is 17.6 Å². The fraction of sp³-hybridized carbons (Fsp3) is 0.296. The van der Waals surface area contributed by atoms with E-state index in [0.717, 1.165) is 54.1 Å². The number of carbonyl (C=O) groups excluding carboxylic acids is 1. The van der Waals surface area contributed by atoms with Gasteiger partial charge < -0.3 is 15.5 Å². The van der Waals surface area contributed by atoms with Crippen LogP contribution in [0.25, 0.3) is 16.6 Å². The number of nitrogens with one attached hydrogen (secondary N) is 3. The van der Waals surface area contributed by atoms with E-state index in [0.29, 0.717) is 16.7 Å². The molecule has 0 aliphatic carbocycles. The highest BCUT2D eigenvalue weighted by Crippen LogP contribution is 2.23. The van der Waals surface area contributed by atoms with Gasteiger partial charge in [0.2, 0.25) is 0 Å². The molecule has 4 aromatic rings. The predicted octanol–water partition coefficient (Wildman–Crippen LogP) is 4.22. The molecule has 0 spiro atoms. The van der Waals surface area contributed by atoms with Crippen LogP contribution in [0.2, 0.25) is 0 Å². The first-order valence-corrected chi connectivity index (χ1v) is 15.1. The van der Waals surface area contributed by atoms with Gasteiger partial charge in [0.1, 0.15) is 15.9 Å². The number of thiophene rings is 1. The Morgan fingerprint density at radius 3 is 2.50 bits per heavy atom. The Labute approximate surface area is 234 Å². The molecular weight excluding hydrogens is 555 g/mol. The lowest BCUT2D eigenvalue weighted by molar-refractivity contribution is 0.256. The average Bonchev–Trinajstić information content (AvgIpc) is 3.57. The average molecular weight is 585 g/mol. The number of aryl methyl sites for hydroxylation is 2. The summed E-state index contributed by atoms with van der Waals surface area (Å²) in [4.78, 5) is 33.4. The molecule has 5 rings (SSSR count). The maximum Gasteiger partial charge on any atom is 0.333 e. The third-order valence-electron chi connectivity index (χ3n) is 6.65. The standard InChI is InChI=1S/C27H29FN6O4S2/c1-17-5-10-25(39-17)40(37,38)32-27(36)31-20-7-9-24(22(28)15-20)34-18(2)30-23-16-19(6-8-21(23)26(34)35)29-11-14-33-12-3-4-13-33/h5-10,15-16,29H,3-4,11-14H2,1-2H3,(H2,31,32,36). The van der Waals surface area contributed by atoms with E-state index in [1.54, 1.807) is 26.0 Å². The maximum atomic E-state index is 15.2. The molecule has 2 amide bonds. The van der Waals surface area contributed by atoms with E-state index in [1.807, 2.05) is 16.9 Å². The summed E-state index contributed by atoms with van der Waals surface area (Å²) in [7, 11) is -4.06. The van der Waals surface area contributed by atoms with Crippen molar-refractivity contribution >= 4 is 49.7 Å². The van der Waals surface area contributed by atoms with Gasteiger partial charge in [-0.1, -0.05) is 0 Å². The minimum atomic E-state index is -4.06. The molecule has 1 saturated heterocycles. The first kappa shape index (κ1) is 27.7. The second-order valence-electron chi connectivity index (χ2n) is 9.60. The molecule has 1 aliphatic heterocycles. The van der Waals surface area contributed by atoms with Crippen molar-refractivity contribution in [3.63, 3.8) is 0 Å². The normalized spacial score (nSPS) is 14.0. The maximum absolute atomic E-state index is 15.2. The van der Waals surface area contributed by atoms with Gasteiger partial charge in [0.15, 0.2) is 0 Å². The highest BCUT2D eigenvalue weighted by Gasteiger charge is 2.20. The summed E-state index contributed by atoms with van der Waals surface area (Å²) < 4.78 is 43.0. The summed E-state index contributed by atoms with van der Waals surface area (Å²) in [5.41, 5.74) is 0.896. The zero-order valence-electron chi connectivity index (χ0n) is 22.0. The molecule has 0 radical (unpaired) electrons. The van der Waals surface area contributed by atoms with Crippen LogP contribution in [-0.4, -0.2) is 55.1 Å². The lowest BCUT2D eigenvalue weighted by Gasteiger charge is -2.16. The number of benzene rings is 2. The van der Waals surface area contributed by atoms with E-state index >= 15 is 4.39 Å². The minimum absolute atomic E-state index is 0.00897. The summed E-state index contributed by atoms with van der Waals surface area (Å²) in [5, 5.41) is 6.03. The summed E-state index contributed by atoms with van der Waals surface area (Å²) in [6.45, 7) is 7.34. The van der Waals surface area contributed by atoms with Crippen molar-refractivity contribution in [2.75, 3.05) is 36.8 Å². The second-order valence-corrected chi connectivity index (χ2v) is 12.8. The highest BCUT2D eigenvalue weighted by atomic mass is 32.2. The molecule has 1 aliphatic rings. The van der Waals surface area contributed by atoms with Crippen LogP contribution in [0.4, 0.5) is 20.6 Å². The van der Waals surface area contributed by atoms with Crippen molar-refractivity contribution in [3.05, 3.63) is 75.4 Å². The zero-order chi connectivity index (χ0) is 28.4. The van der Waals surface area contributed by atoms with Gasteiger partial charge in [0.25, 0.3) is 15.6 Å². The number of anilines is 2. The van der Waals surface area contributed by atoms with Gasteiger partial charge in [0.05, 0.1) is 16.6 Å². The highest BCUT2D eigenvalue weighted by molar-refractivity contribution is 7.92. The quantitative estimate of drug-likeness (QED) is 0.283. The van der Waals surface area contributed by atoms with Crippen molar-refractivity contribution in [3.8, 4) is 5.69 Å². The number of hydrogen-bond acceptors (Lipinski definition) is 8. The largest absolute Gasteiger partial charge is 0.384 e. The Kier molecular flexibility index (Phi) is 7.88. The number of aromatic nitrogens is 2. The van der Waals surface area contributed by atoms with Gasteiger partial charge in [-0.05, 0) is 88.3 Å². The van der Waals surface area contributed by atoms with E-state index in [4.69, 9.17) is 0 Å². The van der Waals surface area contributed by atoms with Gasteiger partial charge in [-0.3, -0.25) is 9.36 Å². The SMILES string of the molecule is Cc1ccc(S(=O)(=O)NC(=O)Nc2ccc(-n3c(C)nc4cc(NCCN5CCCC5)ccc4c3=O)c(F)c2)s1. The van der Waals surface area contributed by atoms with Crippen molar-refractivity contribution in [1.82, 2.24) is 19.2 Å². The molecular formula is C27H29FN6O4S2. The Morgan fingerprint density at radius 1 is 1.05 bits per heavy atom. The zero-order valence-corrected chi connectivity index (χ0v) is 23.7. The minimum Gasteiger partial charge on any atom is -0.384 e. The molecule has 0 unspecified atom stereocenters. The monoisotopic (exact) mass is 584 g/mol. The number of fused-ring (bicyclic) bond motifs is 1. The van der Waals surface area contributed by atoms with Crippen LogP contribution in [0.3, 0.4) is 0 Å². The molecule has 0 atom stereocenters.